The first-order valence-electron chi connectivity index (χ1n) is 6.07. The highest BCUT2D eigenvalue weighted by Crippen LogP contribution is 2.22. The van der Waals surface area contributed by atoms with Crippen LogP contribution in [0.1, 0.15) is 46.0 Å². The Morgan fingerprint density at radius 2 is 2.27 bits per heavy atom. The number of rotatable bonds is 4. The van der Waals surface area contributed by atoms with E-state index in [0.717, 1.165) is 24.7 Å². The maximum absolute atomic E-state index is 12.1. The van der Waals surface area contributed by atoms with Crippen LogP contribution in [-0.2, 0) is 4.79 Å². The zero-order valence-electron chi connectivity index (χ0n) is 9.84. The lowest BCUT2D eigenvalue weighted by Crippen LogP contribution is -2.46. The Kier molecular flexibility index (Phi) is 5.65. The van der Waals surface area contributed by atoms with Crippen LogP contribution in [0.2, 0.25) is 0 Å². The van der Waals surface area contributed by atoms with E-state index in [2.05, 4.69) is 27.8 Å². The van der Waals surface area contributed by atoms with Crippen LogP contribution in [0.4, 0.5) is 0 Å². The number of alkyl halides is 1. The molecule has 1 aliphatic heterocycles. The molecule has 0 saturated carbocycles. The van der Waals surface area contributed by atoms with Crippen molar-refractivity contribution >= 4 is 21.8 Å². The van der Waals surface area contributed by atoms with Crippen LogP contribution in [0.3, 0.4) is 0 Å². The molecule has 2 atom stereocenters. The molecule has 88 valence electrons. The monoisotopic (exact) mass is 275 g/mol. The number of hydrogen-bond acceptors (Lipinski definition) is 1. The van der Waals surface area contributed by atoms with Crippen LogP contribution in [0.5, 0.6) is 0 Å². The highest BCUT2D eigenvalue weighted by molar-refractivity contribution is 9.09. The first-order chi connectivity index (χ1) is 7.20. The summed E-state index contributed by atoms with van der Waals surface area (Å²) in [4.78, 5) is 14.2. The van der Waals surface area contributed by atoms with Gasteiger partial charge in [-0.1, -0.05) is 29.8 Å². The third kappa shape index (κ3) is 3.47. The summed E-state index contributed by atoms with van der Waals surface area (Å²) >= 11 is 3.48. The number of carbonyl (C=O) groups is 1. The van der Waals surface area contributed by atoms with Crippen LogP contribution in [0, 0.1) is 5.92 Å². The van der Waals surface area contributed by atoms with Crippen molar-refractivity contribution in [3.05, 3.63) is 0 Å². The molecule has 0 aromatic rings. The Bertz CT molecular complexity index is 206. The molecule has 0 aliphatic carbocycles. The maximum Gasteiger partial charge on any atom is 0.225 e. The standard InChI is InChI=1S/C12H22BrNO/c1-3-10(2)12(15)14-9-5-4-6-11(14)7-8-13/h10-11H,3-9H2,1-2H3. The third-order valence-electron chi connectivity index (χ3n) is 3.39. The van der Waals surface area contributed by atoms with Crippen LogP contribution >= 0.6 is 15.9 Å². The number of nitrogens with zero attached hydrogens (tertiary/aromatic N) is 1. The van der Waals surface area contributed by atoms with Crippen molar-refractivity contribution in [3.63, 3.8) is 0 Å². The van der Waals surface area contributed by atoms with Crippen LogP contribution in [0.15, 0.2) is 0 Å². The number of carbonyl (C=O) groups excluding carboxylic acids is 1. The molecule has 3 heteroatoms. The number of amides is 1. The fourth-order valence-corrected chi connectivity index (χ4v) is 2.70. The zero-order chi connectivity index (χ0) is 11.3. The minimum atomic E-state index is 0.195. The van der Waals surface area contributed by atoms with Gasteiger partial charge in [-0.15, -0.1) is 0 Å². The summed E-state index contributed by atoms with van der Waals surface area (Å²) in [6.07, 6.45) is 5.70. The molecular weight excluding hydrogens is 254 g/mol. The van der Waals surface area contributed by atoms with Gasteiger partial charge in [0.15, 0.2) is 0 Å². The van der Waals surface area contributed by atoms with E-state index >= 15 is 0 Å². The van der Waals surface area contributed by atoms with Crippen molar-refractivity contribution in [2.24, 2.45) is 5.92 Å². The summed E-state index contributed by atoms with van der Waals surface area (Å²) in [7, 11) is 0. The number of hydrogen-bond donors (Lipinski definition) is 0. The molecular formula is C12H22BrNO. The zero-order valence-corrected chi connectivity index (χ0v) is 11.4. The fraction of sp³-hybridized carbons (Fsp3) is 0.917. The first-order valence-corrected chi connectivity index (χ1v) is 7.19. The van der Waals surface area contributed by atoms with E-state index in [-0.39, 0.29) is 5.92 Å². The summed E-state index contributed by atoms with van der Waals surface area (Å²) in [6.45, 7) is 5.11. The van der Waals surface area contributed by atoms with Gasteiger partial charge in [0.05, 0.1) is 0 Å². The van der Waals surface area contributed by atoms with Crippen molar-refractivity contribution in [2.45, 2.75) is 52.0 Å². The molecule has 0 radical (unpaired) electrons. The van der Waals surface area contributed by atoms with Crippen molar-refractivity contribution in [3.8, 4) is 0 Å². The minimum Gasteiger partial charge on any atom is -0.339 e. The lowest BCUT2D eigenvalue weighted by atomic mass is 9.97. The van der Waals surface area contributed by atoms with E-state index in [1.165, 1.54) is 19.3 Å². The Labute approximate surface area is 102 Å². The minimum absolute atomic E-state index is 0.195. The highest BCUT2D eigenvalue weighted by atomic mass is 79.9. The van der Waals surface area contributed by atoms with Gasteiger partial charge in [0, 0.05) is 23.8 Å². The summed E-state index contributed by atoms with van der Waals surface area (Å²) in [5.74, 6) is 0.559. The second kappa shape index (κ2) is 6.51. The van der Waals surface area contributed by atoms with E-state index in [1.807, 2.05) is 6.92 Å². The van der Waals surface area contributed by atoms with Crippen molar-refractivity contribution in [2.75, 3.05) is 11.9 Å². The Morgan fingerprint density at radius 1 is 1.53 bits per heavy atom. The van der Waals surface area contributed by atoms with Crippen molar-refractivity contribution < 1.29 is 4.79 Å². The second-order valence-corrected chi connectivity index (χ2v) is 5.26. The first kappa shape index (κ1) is 13.0. The van der Waals surface area contributed by atoms with Gasteiger partial charge in [-0.25, -0.2) is 0 Å². The van der Waals surface area contributed by atoms with Crippen LogP contribution in [0.25, 0.3) is 0 Å². The average molecular weight is 276 g/mol. The lowest BCUT2D eigenvalue weighted by Gasteiger charge is -2.37. The maximum atomic E-state index is 12.1. The third-order valence-corrected chi connectivity index (χ3v) is 3.84. The van der Waals surface area contributed by atoms with Gasteiger partial charge in [-0.05, 0) is 32.1 Å². The smallest absolute Gasteiger partial charge is 0.225 e. The molecule has 1 heterocycles. The van der Waals surface area contributed by atoms with Crippen LogP contribution < -0.4 is 0 Å². The predicted molar refractivity (Wildman–Crippen MR) is 67.2 cm³/mol. The largest absolute Gasteiger partial charge is 0.339 e. The molecule has 1 fully saturated rings. The molecule has 0 spiro atoms. The molecule has 0 bridgehead atoms. The summed E-state index contributed by atoms with van der Waals surface area (Å²) in [5.41, 5.74) is 0. The number of halogens is 1. The normalized spacial score (nSPS) is 23.9. The number of piperidine rings is 1. The Hall–Kier alpha value is -0.0500. The molecule has 0 aromatic heterocycles. The molecule has 2 nitrogen and oxygen atoms in total. The topological polar surface area (TPSA) is 20.3 Å². The molecule has 1 saturated heterocycles. The fourth-order valence-electron chi connectivity index (χ4n) is 2.17. The second-order valence-electron chi connectivity index (χ2n) is 4.47. The molecule has 1 rings (SSSR count). The van der Waals surface area contributed by atoms with Gasteiger partial charge in [-0.3, -0.25) is 4.79 Å². The summed E-state index contributed by atoms with van der Waals surface area (Å²) in [6, 6.07) is 0.486. The quantitative estimate of drug-likeness (QED) is 0.722. The van der Waals surface area contributed by atoms with E-state index in [0.29, 0.717) is 11.9 Å². The molecule has 1 aliphatic rings. The predicted octanol–water partition coefficient (Wildman–Crippen LogP) is 3.20. The molecule has 1 amide bonds. The SMILES string of the molecule is CCC(C)C(=O)N1CCCCC1CCBr. The van der Waals surface area contributed by atoms with Gasteiger partial charge in [0.1, 0.15) is 0 Å². The molecule has 2 unspecified atom stereocenters. The van der Waals surface area contributed by atoms with E-state index in [1.54, 1.807) is 0 Å². The van der Waals surface area contributed by atoms with Crippen LogP contribution in [-0.4, -0.2) is 28.7 Å². The van der Waals surface area contributed by atoms with Crippen molar-refractivity contribution in [1.29, 1.82) is 0 Å². The highest BCUT2D eigenvalue weighted by Gasteiger charge is 2.28. The molecule has 15 heavy (non-hydrogen) atoms. The van der Waals surface area contributed by atoms with Gasteiger partial charge < -0.3 is 4.90 Å². The summed E-state index contributed by atoms with van der Waals surface area (Å²) < 4.78 is 0. The van der Waals surface area contributed by atoms with Crippen molar-refractivity contribution in [1.82, 2.24) is 4.90 Å². The van der Waals surface area contributed by atoms with Gasteiger partial charge >= 0.3 is 0 Å². The Balaban J connectivity index is 2.58. The van der Waals surface area contributed by atoms with Gasteiger partial charge in [0.25, 0.3) is 0 Å². The van der Waals surface area contributed by atoms with Gasteiger partial charge in [0.2, 0.25) is 5.91 Å². The Morgan fingerprint density at radius 3 is 2.87 bits per heavy atom. The lowest BCUT2D eigenvalue weighted by molar-refractivity contribution is -0.138. The number of likely N-dealkylation sites (tertiary alicyclic amines) is 1. The summed E-state index contributed by atoms with van der Waals surface area (Å²) in [5, 5.41) is 1.00. The molecule has 0 aromatic carbocycles. The van der Waals surface area contributed by atoms with E-state index in [4.69, 9.17) is 0 Å². The van der Waals surface area contributed by atoms with E-state index < -0.39 is 0 Å². The van der Waals surface area contributed by atoms with E-state index in [9.17, 15) is 4.79 Å². The average Bonchev–Trinajstić information content (AvgIpc) is 2.28. The molecule has 0 N–H and O–H groups in total. The van der Waals surface area contributed by atoms with Gasteiger partial charge in [-0.2, -0.15) is 0 Å².